The summed E-state index contributed by atoms with van der Waals surface area (Å²) in [7, 11) is 0. The summed E-state index contributed by atoms with van der Waals surface area (Å²) in [5.41, 5.74) is 8.20. The highest BCUT2D eigenvalue weighted by Crippen LogP contribution is 2.35. The molecule has 0 spiro atoms. The Morgan fingerprint density at radius 1 is 1.22 bits per heavy atom. The molecule has 2 aromatic rings. The second-order valence-corrected chi connectivity index (χ2v) is 7.11. The van der Waals surface area contributed by atoms with Gasteiger partial charge in [0.25, 0.3) is 0 Å². The monoisotopic (exact) mass is 317 g/mol. The van der Waals surface area contributed by atoms with Crippen molar-refractivity contribution in [3.8, 4) is 0 Å². The SMILES string of the molecule is N[C@@H]1C[C@H](O)[C@@H](N2CCC(c3c[nH]c4ccc(F)cc34)CC2)C1. The van der Waals surface area contributed by atoms with Gasteiger partial charge in [-0.2, -0.15) is 0 Å². The van der Waals surface area contributed by atoms with Gasteiger partial charge in [-0.25, -0.2) is 4.39 Å². The van der Waals surface area contributed by atoms with Crippen LogP contribution >= 0.6 is 0 Å². The van der Waals surface area contributed by atoms with Crippen molar-refractivity contribution in [1.82, 2.24) is 9.88 Å². The van der Waals surface area contributed by atoms with Crippen LogP contribution in [0.4, 0.5) is 4.39 Å². The first-order valence-electron chi connectivity index (χ1n) is 8.56. The van der Waals surface area contributed by atoms with Crippen molar-refractivity contribution >= 4 is 10.9 Å². The van der Waals surface area contributed by atoms with Crippen LogP contribution in [0.3, 0.4) is 0 Å². The Bertz CT molecular complexity index is 693. The minimum absolute atomic E-state index is 0.129. The number of nitrogens with two attached hydrogens (primary N) is 1. The van der Waals surface area contributed by atoms with Crippen molar-refractivity contribution in [3.05, 3.63) is 35.8 Å². The fraction of sp³-hybridized carbons (Fsp3) is 0.556. The van der Waals surface area contributed by atoms with Gasteiger partial charge in [0, 0.05) is 29.2 Å². The molecule has 2 fully saturated rings. The number of aliphatic hydroxyl groups is 1. The van der Waals surface area contributed by atoms with Crippen LogP contribution in [0.2, 0.25) is 0 Å². The molecule has 23 heavy (non-hydrogen) atoms. The summed E-state index contributed by atoms with van der Waals surface area (Å²) < 4.78 is 13.5. The highest BCUT2D eigenvalue weighted by atomic mass is 19.1. The summed E-state index contributed by atoms with van der Waals surface area (Å²) in [5, 5.41) is 11.2. The van der Waals surface area contributed by atoms with E-state index in [1.54, 1.807) is 12.1 Å². The number of rotatable bonds is 2. The van der Waals surface area contributed by atoms with E-state index in [0.29, 0.717) is 12.3 Å². The Morgan fingerprint density at radius 2 is 2.00 bits per heavy atom. The standard InChI is InChI=1S/C18H24FN3O/c19-12-1-2-16-14(7-12)15(10-21-16)11-3-5-22(6-4-11)17-8-13(20)9-18(17)23/h1-2,7,10-11,13,17-18,21,23H,3-6,8-9,20H2/t13-,17-,18-/m0/s1. The summed E-state index contributed by atoms with van der Waals surface area (Å²) in [6.45, 7) is 1.95. The molecule has 1 aliphatic heterocycles. The topological polar surface area (TPSA) is 65.3 Å². The lowest BCUT2D eigenvalue weighted by atomic mass is 9.88. The van der Waals surface area contributed by atoms with Crippen molar-refractivity contribution in [2.45, 2.75) is 49.8 Å². The van der Waals surface area contributed by atoms with E-state index in [-0.39, 0.29) is 24.0 Å². The first-order valence-corrected chi connectivity index (χ1v) is 8.56. The first kappa shape index (κ1) is 15.1. The summed E-state index contributed by atoms with van der Waals surface area (Å²) in [4.78, 5) is 5.65. The molecule has 1 saturated heterocycles. The van der Waals surface area contributed by atoms with E-state index in [0.717, 1.165) is 43.3 Å². The normalized spacial score (nSPS) is 30.3. The predicted octanol–water partition coefficient (Wildman–Crippen LogP) is 2.34. The number of aromatic nitrogens is 1. The molecule has 4 rings (SSSR count). The Morgan fingerprint density at radius 3 is 2.70 bits per heavy atom. The van der Waals surface area contributed by atoms with Gasteiger partial charge in [-0.15, -0.1) is 0 Å². The van der Waals surface area contributed by atoms with Crippen LogP contribution in [-0.2, 0) is 0 Å². The minimum atomic E-state index is -0.288. The van der Waals surface area contributed by atoms with Crippen LogP contribution in [0.1, 0.15) is 37.2 Å². The lowest BCUT2D eigenvalue weighted by molar-refractivity contribution is 0.0553. The lowest BCUT2D eigenvalue weighted by Gasteiger charge is -2.37. The van der Waals surface area contributed by atoms with Crippen molar-refractivity contribution in [2.24, 2.45) is 5.73 Å². The molecule has 0 bridgehead atoms. The van der Waals surface area contributed by atoms with Gasteiger partial charge < -0.3 is 15.8 Å². The van der Waals surface area contributed by atoms with E-state index in [2.05, 4.69) is 9.88 Å². The maximum atomic E-state index is 13.5. The van der Waals surface area contributed by atoms with Gasteiger partial charge in [0.2, 0.25) is 0 Å². The molecule has 2 aliphatic rings. The van der Waals surface area contributed by atoms with E-state index in [4.69, 9.17) is 5.73 Å². The highest BCUT2D eigenvalue weighted by molar-refractivity contribution is 5.83. The number of likely N-dealkylation sites (tertiary alicyclic amines) is 1. The van der Waals surface area contributed by atoms with Crippen molar-refractivity contribution in [3.63, 3.8) is 0 Å². The van der Waals surface area contributed by atoms with E-state index < -0.39 is 0 Å². The average molecular weight is 317 g/mol. The fourth-order valence-electron chi connectivity index (χ4n) is 4.42. The fourth-order valence-corrected chi connectivity index (χ4v) is 4.42. The maximum Gasteiger partial charge on any atom is 0.123 e. The van der Waals surface area contributed by atoms with Gasteiger partial charge in [0.15, 0.2) is 0 Å². The highest BCUT2D eigenvalue weighted by Gasteiger charge is 2.37. The molecule has 5 heteroatoms. The van der Waals surface area contributed by atoms with Crippen LogP contribution in [0.25, 0.3) is 10.9 Å². The van der Waals surface area contributed by atoms with Crippen LogP contribution in [0.5, 0.6) is 0 Å². The van der Waals surface area contributed by atoms with Crippen molar-refractivity contribution in [1.29, 1.82) is 0 Å². The van der Waals surface area contributed by atoms with Crippen LogP contribution < -0.4 is 5.73 Å². The zero-order valence-corrected chi connectivity index (χ0v) is 13.2. The molecule has 124 valence electrons. The number of H-pyrrole nitrogens is 1. The molecule has 0 unspecified atom stereocenters. The smallest absolute Gasteiger partial charge is 0.123 e. The molecule has 2 heterocycles. The van der Waals surface area contributed by atoms with E-state index in [9.17, 15) is 9.50 Å². The number of nitrogens with zero attached hydrogens (tertiary/aromatic N) is 1. The predicted molar refractivity (Wildman–Crippen MR) is 88.8 cm³/mol. The molecule has 0 amide bonds. The van der Waals surface area contributed by atoms with Crippen LogP contribution in [0, 0.1) is 5.82 Å². The third kappa shape index (κ3) is 2.77. The molecule has 1 saturated carbocycles. The Labute approximate surface area is 135 Å². The van der Waals surface area contributed by atoms with Crippen molar-refractivity contribution < 1.29 is 9.50 Å². The zero-order chi connectivity index (χ0) is 16.0. The maximum absolute atomic E-state index is 13.5. The Balaban J connectivity index is 1.48. The second-order valence-electron chi connectivity index (χ2n) is 7.11. The molecule has 0 radical (unpaired) electrons. The largest absolute Gasteiger partial charge is 0.391 e. The first-order chi connectivity index (χ1) is 11.1. The second kappa shape index (κ2) is 5.89. The van der Waals surface area contributed by atoms with E-state index in [1.807, 2.05) is 6.20 Å². The number of aliphatic hydroxyl groups excluding tert-OH is 1. The molecule has 1 aliphatic carbocycles. The molecular weight excluding hydrogens is 293 g/mol. The number of nitrogens with one attached hydrogen (secondary N) is 1. The lowest BCUT2D eigenvalue weighted by Crippen LogP contribution is -2.44. The number of aromatic amines is 1. The molecule has 3 atom stereocenters. The van der Waals surface area contributed by atoms with E-state index in [1.165, 1.54) is 11.6 Å². The summed E-state index contributed by atoms with van der Waals surface area (Å²) >= 11 is 0. The van der Waals surface area contributed by atoms with Gasteiger partial charge in [-0.1, -0.05) is 0 Å². The third-order valence-corrected chi connectivity index (χ3v) is 5.65. The van der Waals surface area contributed by atoms with Gasteiger partial charge in [-0.3, -0.25) is 4.90 Å². The minimum Gasteiger partial charge on any atom is -0.391 e. The van der Waals surface area contributed by atoms with Crippen LogP contribution in [-0.4, -0.2) is 46.3 Å². The molecule has 1 aromatic carbocycles. The Hall–Kier alpha value is -1.43. The van der Waals surface area contributed by atoms with Gasteiger partial charge >= 0.3 is 0 Å². The molecular formula is C18H24FN3O. The van der Waals surface area contributed by atoms with E-state index >= 15 is 0 Å². The van der Waals surface area contributed by atoms with Gasteiger partial charge in [0.1, 0.15) is 5.82 Å². The third-order valence-electron chi connectivity index (χ3n) is 5.65. The van der Waals surface area contributed by atoms with Gasteiger partial charge in [-0.05, 0) is 68.5 Å². The van der Waals surface area contributed by atoms with Crippen LogP contribution in [0.15, 0.2) is 24.4 Å². The number of halogens is 1. The number of fused-ring (bicyclic) bond motifs is 1. The molecule has 4 N–H and O–H groups in total. The summed E-state index contributed by atoms with van der Waals surface area (Å²) in [5.74, 6) is 0.271. The summed E-state index contributed by atoms with van der Waals surface area (Å²) in [6, 6.07) is 5.28. The number of hydrogen-bond donors (Lipinski definition) is 3. The summed E-state index contributed by atoms with van der Waals surface area (Å²) in [6.07, 6.45) is 5.44. The quantitative estimate of drug-likeness (QED) is 0.796. The molecule has 1 aromatic heterocycles. The number of piperidine rings is 1. The molecule has 4 nitrogen and oxygen atoms in total. The average Bonchev–Trinajstić information content (AvgIpc) is 3.10. The Kier molecular flexibility index (Phi) is 3.87. The number of benzene rings is 1. The van der Waals surface area contributed by atoms with Gasteiger partial charge in [0.05, 0.1) is 6.10 Å². The number of hydrogen-bond acceptors (Lipinski definition) is 3. The zero-order valence-electron chi connectivity index (χ0n) is 13.2. The van der Waals surface area contributed by atoms with Crippen molar-refractivity contribution in [2.75, 3.05) is 13.1 Å².